The lowest BCUT2D eigenvalue weighted by Crippen LogP contribution is -2.25. The highest BCUT2D eigenvalue weighted by Crippen LogP contribution is 2.30. The van der Waals surface area contributed by atoms with Crippen LogP contribution in [-0.2, 0) is 0 Å². The van der Waals surface area contributed by atoms with Gasteiger partial charge in [0.25, 0.3) is 0 Å². The largest absolute Gasteiger partial charge is 0.494 e. The fraction of sp³-hybridized carbons (Fsp3) is 0.462. The van der Waals surface area contributed by atoms with Crippen molar-refractivity contribution >= 4 is 0 Å². The first-order valence-corrected chi connectivity index (χ1v) is 5.60. The number of nitriles is 1. The summed E-state index contributed by atoms with van der Waals surface area (Å²) in [4.78, 5) is 0. The van der Waals surface area contributed by atoms with Gasteiger partial charge >= 0.3 is 0 Å². The van der Waals surface area contributed by atoms with Gasteiger partial charge in [-0.3, -0.25) is 0 Å². The molecule has 0 aliphatic heterocycles. The normalized spacial score (nSPS) is 14.1. The number of halogens is 2. The minimum Gasteiger partial charge on any atom is -0.494 e. The molecular weight excluding hydrogens is 238 g/mol. The van der Waals surface area contributed by atoms with Gasteiger partial charge in [0.1, 0.15) is 5.82 Å². The van der Waals surface area contributed by atoms with E-state index in [1.54, 1.807) is 0 Å². The smallest absolute Gasteiger partial charge is 0.165 e. The molecule has 98 valence electrons. The van der Waals surface area contributed by atoms with Crippen LogP contribution in [0.3, 0.4) is 0 Å². The van der Waals surface area contributed by atoms with Gasteiger partial charge in [-0.05, 0) is 12.0 Å². The lowest BCUT2D eigenvalue weighted by molar-refractivity contribution is 0.371. The van der Waals surface area contributed by atoms with Gasteiger partial charge in [-0.1, -0.05) is 13.8 Å². The Bertz CT molecular complexity index is 469. The lowest BCUT2D eigenvalue weighted by atomic mass is 9.86. The third-order valence-corrected chi connectivity index (χ3v) is 2.88. The Morgan fingerprint density at radius 1 is 1.28 bits per heavy atom. The summed E-state index contributed by atoms with van der Waals surface area (Å²) in [7, 11) is 1.25. The van der Waals surface area contributed by atoms with Crippen LogP contribution in [0.4, 0.5) is 8.78 Å². The molecule has 0 saturated heterocycles. The number of methoxy groups -OCH3 is 1. The molecule has 0 saturated carbocycles. The van der Waals surface area contributed by atoms with Gasteiger partial charge in [0.05, 0.1) is 19.1 Å². The average Bonchev–Trinajstić information content (AvgIpc) is 2.31. The van der Waals surface area contributed by atoms with E-state index in [0.717, 1.165) is 12.1 Å². The number of nitrogens with two attached hydrogens (primary N) is 1. The maximum absolute atomic E-state index is 13.8. The summed E-state index contributed by atoms with van der Waals surface area (Å²) in [6, 6.07) is 3.10. The molecule has 1 aromatic rings. The average molecular weight is 254 g/mol. The molecule has 0 aliphatic rings. The van der Waals surface area contributed by atoms with Crippen molar-refractivity contribution in [2.75, 3.05) is 7.11 Å². The SMILES string of the molecule is COc1cc(F)c(C(N)C(C#N)C(C)C)cc1F. The molecule has 0 aliphatic carbocycles. The van der Waals surface area contributed by atoms with Crippen LogP contribution in [0, 0.1) is 34.8 Å². The third-order valence-electron chi connectivity index (χ3n) is 2.88. The molecule has 1 aromatic carbocycles. The predicted octanol–water partition coefficient (Wildman–Crippen LogP) is 2.77. The van der Waals surface area contributed by atoms with Gasteiger partial charge in [-0.15, -0.1) is 0 Å². The van der Waals surface area contributed by atoms with E-state index in [1.807, 2.05) is 19.9 Å². The highest BCUT2D eigenvalue weighted by Gasteiger charge is 2.26. The zero-order valence-corrected chi connectivity index (χ0v) is 10.6. The van der Waals surface area contributed by atoms with Crippen LogP contribution in [0.25, 0.3) is 0 Å². The summed E-state index contributed by atoms with van der Waals surface area (Å²) < 4.78 is 32.0. The Morgan fingerprint density at radius 2 is 1.89 bits per heavy atom. The quantitative estimate of drug-likeness (QED) is 0.898. The van der Waals surface area contributed by atoms with Crippen LogP contribution in [0.5, 0.6) is 5.75 Å². The second-order valence-electron chi connectivity index (χ2n) is 4.43. The highest BCUT2D eigenvalue weighted by molar-refractivity contribution is 5.33. The summed E-state index contributed by atoms with van der Waals surface area (Å²) in [6.07, 6.45) is 0. The molecule has 0 heterocycles. The summed E-state index contributed by atoms with van der Waals surface area (Å²) in [5.41, 5.74) is 5.84. The maximum atomic E-state index is 13.8. The molecule has 2 atom stereocenters. The van der Waals surface area contributed by atoms with Crippen LogP contribution in [-0.4, -0.2) is 7.11 Å². The number of ether oxygens (including phenoxy) is 1. The molecule has 0 fully saturated rings. The number of nitrogens with zero attached hydrogens (tertiary/aromatic N) is 1. The van der Waals surface area contributed by atoms with Gasteiger partial charge in [-0.2, -0.15) is 5.26 Å². The van der Waals surface area contributed by atoms with Crippen molar-refractivity contribution in [1.29, 1.82) is 5.26 Å². The maximum Gasteiger partial charge on any atom is 0.165 e. The lowest BCUT2D eigenvalue weighted by Gasteiger charge is -2.22. The van der Waals surface area contributed by atoms with Gasteiger partial charge in [0.2, 0.25) is 0 Å². The van der Waals surface area contributed by atoms with E-state index in [2.05, 4.69) is 4.74 Å². The molecule has 18 heavy (non-hydrogen) atoms. The summed E-state index contributed by atoms with van der Waals surface area (Å²) in [5.74, 6) is -2.16. The van der Waals surface area contributed by atoms with Gasteiger partial charge in [-0.25, -0.2) is 8.78 Å². The van der Waals surface area contributed by atoms with Crippen LogP contribution in [0.2, 0.25) is 0 Å². The number of rotatable bonds is 4. The number of benzene rings is 1. The molecule has 0 aromatic heterocycles. The minimum absolute atomic E-state index is 0.00597. The van der Waals surface area contributed by atoms with Gasteiger partial charge in [0, 0.05) is 17.7 Å². The molecule has 5 heteroatoms. The standard InChI is InChI=1S/C13H16F2N2O/c1-7(2)9(6-16)13(17)8-4-11(15)12(18-3)5-10(8)14/h4-5,7,9,13H,17H2,1-3H3. The summed E-state index contributed by atoms with van der Waals surface area (Å²) in [6.45, 7) is 3.62. The van der Waals surface area contributed by atoms with E-state index in [0.29, 0.717) is 0 Å². The molecule has 1 rings (SSSR count). The fourth-order valence-corrected chi connectivity index (χ4v) is 1.79. The Hall–Kier alpha value is -1.67. The van der Waals surface area contributed by atoms with Crippen molar-refractivity contribution in [3.8, 4) is 11.8 Å². The van der Waals surface area contributed by atoms with Crippen molar-refractivity contribution in [1.82, 2.24) is 0 Å². The van der Waals surface area contributed by atoms with Crippen molar-refractivity contribution in [3.63, 3.8) is 0 Å². The fourth-order valence-electron chi connectivity index (χ4n) is 1.79. The van der Waals surface area contributed by atoms with Crippen LogP contribution in [0.1, 0.15) is 25.5 Å². The van der Waals surface area contributed by atoms with Crippen molar-refractivity contribution in [2.24, 2.45) is 17.6 Å². The Kier molecular flexibility index (Phi) is 4.62. The second kappa shape index (κ2) is 5.78. The summed E-state index contributed by atoms with van der Waals surface area (Å²) >= 11 is 0. The molecule has 2 N–H and O–H groups in total. The van der Waals surface area contributed by atoms with Crippen molar-refractivity contribution in [2.45, 2.75) is 19.9 Å². The molecular formula is C13H16F2N2O. The van der Waals surface area contributed by atoms with E-state index >= 15 is 0 Å². The molecule has 3 nitrogen and oxygen atoms in total. The Morgan fingerprint density at radius 3 is 2.33 bits per heavy atom. The first-order chi connectivity index (χ1) is 8.42. The predicted molar refractivity (Wildman–Crippen MR) is 63.8 cm³/mol. The number of hydrogen-bond donors (Lipinski definition) is 1. The van der Waals surface area contributed by atoms with E-state index in [9.17, 15) is 8.78 Å². The van der Waals surface area contributed by atoms with Crippen LogP contribution >= 0.6 is 0 Å². The first kappa shape index (κ1) is 14.4. The molecule has 0 amide bonds. The topological polar surface area (TPSA) is 59.0 Å². The number of hydrogen-bond acceptors (Lipinski definition) is 3. The Labute approximate surface area is 105 Å². The zero-order valence-electron chi connectivity index (χ0n) is 10.6. The second-order valence-corrected chi connectivity index (χ2v) is 4.43. The summed E-state index contributed by atoms with van der Waals surface area (Å²) in [5, 5.41) is 9.02. The van der Waals surface area contributed by atoms with Gasteiger partial charge in [0.15, 0.2) is 11.6 Å². The Balaban J connectivity index is 3.18. The van der Waals surface area contributed by atoms with Gasteiger partial charge < -0.3 is 10.5 Å². The van der Waals surface area contributed by atoms with E-state index < -0.39 is 23.6 Å². The highest BCUT2D eigenvalue weighted by atomic mass is 19.1. The molecule has 0 spiro atoms. The van der Waals surface area contributed by atoms with Crippen molar-refractivity contribution in [3.05, 3.63) is 29.3 Å². The van der Waals surface area contributed by atoms with E-state index in [4.69, 9.17) is 11.0 Å². The monoisotopic (exact) mass is 254 g/mol. The molecule has 2 unspecified atom stereocenters. The van der Waals surface area contributed by atoms with E-state index in [1.165, 1.54) is 7.11 Å². The third kappa shape index (κ3) is 2.77. The van der Waals surface area contributed by atoms with Crippen molar-refractivity contribution < 1.29 is 13.5 Å². The zero-order chi connectivity index (χ0) is 13.9. The van der Waals surface area contributed by atoms with E-state index in [-0.39, 0.29) is 17.2 Å². The van der Waals surface area contributed by atoms with Crippen LogP contribution < -0.4 is 10.5 Å². The molecule has 0 radical (unpaired) electrons. The molecule has 0 bridgehead atoms. The van der Waals surface area contributed by atoms with Crippen LogP contribution in [0.15, 0.2) is 12.1 Å². The minimum atomic E-state index is -0.865. The first-order valence-electron chi connectivity index (χ1n) is 5.60.